The zero-order chi connectivity index (χ0) is 23.3. The zero-order valence-electron chi connectivity index (χ0n) is 18.7. The first-order valence-corrected chi connectivity index (χ1v) is 10.9. The quantitative estimate of drug-likeness (QED) is 0.550. The minimum Gasteiger partial charge on any atom is -0.481 e. The molecule has 3 N–H and O–H groups in total. The maximum Gasteiger partial charge on any atom is 0.407 e. The first-order chi connectivity index (χ1) is 15.2. The maximum atomic E-state index is 12.3. The number of carboxylic acid groups (broad SMARTS) is 1. The van der Waals surface area contributed by atoms with Crippen molar-refractivity contribution in [3.63, 3.8) is 0 Å². The first-order valence-electron chi connectivity index (χ1n) is 10.9. The van der Waals surface area contributed by atoms with Crippen LogP contribution in [0.5, 0.6) is 0 Å². The Hall–Kier alpha value is -3.35. The summed E-state index contributed by atoms with van der Waals surface area (Å²) in [6, 6.07) is 15.7. The molecule has 7 nitrogen and oxygen atoms in total. The highest BCUT2D eigenvalue weighted by atomic mass is 16.5. The van der Waals surface area contributed by atoms with Crippen molar-refractivity contribution in [1.29, 1.82) is 0 Å². The lowest BCUT2D eigenvalue weighted by atomic mass is 9.87. The molecular weight excluding hydrogens is 408 g/mol. The summed E-state index contributed by atoms with van der Waals surface area (Å²) < 4.78 is 5.50. The number of hydrogen-bond acceptors (Lipinski definition) is 4. The van der Waals surface area contributed by atoms with Crippen molar-refractivity contribution in [1.82, 2.24) is 10.6 Å². The van der Waals surface area contributed by atoms with Gasteiger partial charge < -0.3 is 20.5 Å². The fourth-order valence-corrected chi connectivity index (χ4v) is 3.89. The topological polar surface area (TPSA) is 105 Å². The van der Waals surface area contributed by atoms with Crippen LogP contribution < -0.4 is 10.6 Å². The summed E-state index contributed by atoms with van der Waals surface area (Å²) in [5.74, 6) is -1.31. The molecule has 0 radical (unpaired) electrons. The molecule has 2 aromatic rings. The number of alkyl carbamates (subject to hydrolysis) is 1. The van der Waals surface area contributed by atoms with Gasteiger partial charge in [0.15, 0.2) is 0 Å². The molecule has 1 aliphatic carbocycles. The van der Waals surface area contributed by atoms with Crippen LogP contribution in [-0.2, 0) is 14.3 Å². The highest BCUT2D eigenvalue weighted by Crippen LogP contribution is 2.44. The van der Waals surface area contributed by atoms with Gasteiger partial charge >= 0.3 is 12.1 Å². The zero-order valence-corrected chi connectivity index (χ0v) is 18.7. The summed E-state index contributed by atoms with van der Waals surface area (Å²) >= 11 is 0. The third-order valence-corrected chi connectivity index (χ3v) is 6.17. The number of aliphatic carboxylic acids is 1. The van der Waals surface area contributed by atoms with E-state index < -0.39 is 23.5 Å². The van der Waals surface area contributed by atoms with Gasteiger partial charge in [0.2, 0.25) is 5.91 Å². The average molecular weight is 439 g/mol. The molecule has 0 saturated heterocycles. The van der Waals surface area contributed by atoms with Crippen LogP contribution in [0, 0.1) is 5.41 Å². The van der Waals surface area contributed by atoms with E-state index in [1.54, 1.807) is 20.8 Å². The Bertz CT molecular complexity index is 960. The smallest absolute Gasteiger partial charge is 0.407 e. The van der Waals surface area contributed by atoms with Gasteiger partial charge in [-0.1, -0.05) is 55.5 Å². The number of carboxylic acids is 1. The van der Waals surface area contributed by atoms with Crippen LogP contribution in [0.25, 0.3) is 11.1 Å². The number of amides is 2. The van der Waals surface area contributed by atoms with Gasteiger partial charge in [-0.25, -0.2) is 4.79 Å². The Kier molecular flexibility index (Phi) is 7.18. The monoisotopic (exact) mass is 438 g/mol. The highest BCUT2D eigenvalue weighted by Gasteiger charge is 2.32. The lowest BCUT2D eigenvalue weighted by molar-refractivity contribution is -0.148. The number of carbonyl (C=O) groups is 3. The Morgan fingerprint density at radius 3 is 2.16 bits per heavy atom. The molecular formula is C25H30N2O5. The average Bonchev–Trinajstić information content (AvgIpc) is 3.09. The molecule has 0 saturated carbocycles. The number of fused-ring (bicyclic) bond motifs is 3. The molecule has 7 heteroatoms. The second-order valence-electron chi connectivity index (χ2n) is 8.57. The molecule has 0 aromatic heterocycles. The summed E-state index contributed by atoms with van der Waals surface area (Å²) in [6.45, 7) is 5.30. The molecule has 2 aromatic carbocycles. The number of rotatable bonds is 9. The van der Waals surface area contributed by atoms with Gasteiger partial charge in [0.05, 0.1) is 5.41 Å². The Morgan fingerprint density at radius 1 is 1.06 bits per heavy atom. The molecule has 1 aliphatic rings. The number of ether oxygens (including phenoxy) is 1. The van der Waals surface area contributed by atoms with Gasteiger partial charge in [-0.15, -0.1) is 0 Å². The van der Waals surface area contributed by atoms with Crippen molar-refractivity contribution >= 4 is 18.0 Å². The molecule has 0 aliphatic heterocycles. The van der Waals surface area contributed by atoms with Crippen LogP contribution in [0.4, 0.5) is 4.79 Å². The number of benzene rings is 2. The van der Waals surface area contributed by atoms with E-state index in [-0.39, 0.29) is 31.4 Å². The van der Waals surface area contributed by atoms with E-state index in [1.165, 1.54) is 0 Å². The van der Waals surface area contributed by atoms with Crippen molar-refractivity contribution in [2.24, 2.45) is 5.41 Å². The van der Waals surface area contributed by atoms with Crippen LogP contribution in [0.15, 0.2) is 48.5 Å². The van der Waals surface area contributed by atoms with E-state index >= 15 is 0 Å². The molecule has 0 fully saturated rings. The van der Waals surface area contributed by atoms with Crippen molar-refractivity contribution in [2.75, 3.05) is 13.2 Å². The van der Waals surface area contributed by atoms with Crippen LogP contribution in [0.2, 0.25) is 0 Å². The minimum absolute atomic E-state index is 0.0314. The maximum absolute atomic E-state index is 12.3. The molecule has 1 unspecified atom stereocenters. The summed E-state index contributed by atoms with van der Waals surface area (Å²) in [6.07, 6.45) is -0.157. The third-order valence-electron chi connectivity index (χ3n) is 6.17. The van der Waals surface area contributed by atoms with E-state index in [1.807, 2.05) is 24.3 Å². The lowest BCUT2D eigenvalue weighted by Gasteiger charge is -2.23. The van der Waals surface area contributed by atoms with Crippen LogP contribution in [0.3, 0.4) is 0 Å². The Labute approximate surface area is 188 Å². The second kappa shape index (κ2) is 9.85. The van der Waals surface area contributed by atoms with Crippen molar-refractivity contribution < 1.29 is 24.2 Å². The van der Waals surface area contributed by atoms with Crippen LogP contribution in [-0.4, -0.2) is 42.3 Å². The second-order valence-corrected chi connectivity index (χ2v) is 8.57. The molecule has 0 spiro atoms. The summed E-state index contributed by atoms with van der Waals surface area (Å²) in [5, 5.41) is 14.6. The highest BCUT2D eigenvalue weighted by molar-refractivity contribution is 5.80. The van der Waals surface area contributed by atoms with Crippen molar-refractivity contribution in [2.45, 2.75) is 45.6 Å². The van der Waals surface area contributed by atoms with E-state index in [0.717, 1.165) is 22.3 Å². The van der Waals surface area contributed by atoms with Gasteiger partial charge in [0, 0.05) is 24.9 Å². The van der Waals surface area contributed by atoms with Gasteiger partial charge in [-0.05, 0) is 42.5 Å². The fourth-order valence-electron chi connectivity index (χ4n) is 3.89. The lowest BCUT2D eigenvalue weighted by Crippen LogP contribution is -2.43. The first kappa shape index (κ1) is 23.3. The largest absolute Gasteiger partial charge is 0.481 e. The Balaban J connectivity index is 1.50. The number of nitrogens with one attached hydrogen (secondary N) is 2. The van der Waals surface area contributed by atoms with Crippen LogP contribution in [0.1, 0.15) is 50.7 Å². The van der Waals surface area contributed by atoms with Crippen LogP contribution >= 0.6 is 0 Å². The minimum atomic E-state index is -1.01. The van der Waals surface area contributed by atoms with Gasteiger partial charge in [0.25, 0.3) is 0 Å². The van der Waals surface area contributed by atoms with E-state index in [4.69, 9.17) is 4.74 Å². The SMILES string of the molecule is CCC(C)(CNC(=O)C[C@@H](C)NC(=O)OCC1c2ccccc2-c2ccccc21)C(=O)O. The predicted molar refractivity (Wildman–Crippen MR) is 121 cm³/mol. The van der Waals surface area contributed by atoms with Crippen molar-refractivity contribution in [3.05, 3.63) is 59.7 Å². The molecule has 0 bridgehead atoms. The fraction of sp³-hybridized carbons (Fsp3) is 0.400. The molecule has 2 amide bonds. The van der Waals surface area contributed by atoms with Gasteiger partial charge in [0.1, 0.15) is 6.61 Å². The summed E-state index contributed by atoms with van der Waals surface area (Å²) in [5.41, 5.74) is 3.56. The third kappa shape index (κ3) is 5.10. The molecule has 32 heavy (non-hydrogen) atoms. The molecule has 2 atom stereocenters. The summed E-state index contributed by atoms with van der Waals surface area (Å²) in [7, 11) is 0. The predicted octanol–water partition coefficient (Wildman–Crippen LogP) is 3.92. The number of carbonyl (C=O) groups excluding carboxylic acids is 2. The Morgan fingerprint density at radius 2 is 1.62 bits per heavy atom. The molecule has 0 heterocycles. The molecule has 170 valence electrons. The van der Waals surface area contributed by atoms with Crippen molar-refractivity contribution in [3.8, 4) is 11.1 Å². The number of hydrogen-bond donors (Lipinski definition) is 3. The van der Waals surface area contributed by atoms with E-state index in [0.29, 0.717) is 6.42 Å². The van der Waals surface area contributed by atoms with Gasteiger partial charge in [-0.3, -0.25) is 9.59 Å². The van der Waals surface area contributed by atoms with Gasteiger partial charge in [-0.2, -0.15) is 0 Å². The van der Waals surface area contributed by atoms with E-state index in [9.17, 15) is 19.5 Å². The molecule has 3 rings (SSSR count). The van der Waals surface area contributed by atoms with E-state index in [2.05, 4.69) is 34.9 Å². The standard InChI is InChI=1S/C25H30N2O5/c1-4-25(3,23(29)30)15-26-22(28)13-16(2)27-24(31)32-14-21-19-11-7-5-9-17(19)18-10-6-8-12-20(18)21/h5-12,16,21H,4,13-15H2,1-3H3,(H,26,28)(H,27,31)(H,29,30)/t16-,25?/m1/s1. The normalized spacial score (nSPS) is 15.1. The summed E-state index contributed by atoms with van der Waals surface area (Å²) in [4.78, 5) is 35.8.